The number of rotatable bonds is 2. The number of alkyl halides is 2. The van der Waals surface area contributed by atoms with E-state index >= 15 is 0 Å². The lowest BCUT2D eigenvalue weighted by molar-refractivity contribution is 0.0585. The van der Waals surface area contributed by atoms with Gasteiger partial charge in [0.25, 0.3) is 6.43 Å². The van der Waals surface area contributed by atoms with Crippen LogP contribution in [0, 0.1) is 11.8 Å². The molecular formula is C8H5F4NO2. The van der Waals surface area contributed by atoms with Crippen LogP contribution < -0.4 is 0 Å². The number of hydrogen-bond donors (Lipinski definition) is 0. The molecule has 1 heterocycles. The molecule has 0 amide bonds. The van der Waals surface area contributed by atoms with Gasteiger partial charge in [-0.3, -0.25) is 0 Å². The first-order valence-corrected chi connectivity index (χ1v) is 3.69. The predicted octanol–water partition coefficient (Wildman–Crippen LogP) is 2.08. The van der Waals surface area contributed by atoms with Crippen molar-refractivity contribution in [2.75, 3.05) is 7.11 Å². The number of esters is 1. The molecular weight excluding hydrogens is 218 g/mol. The van der Waals surface area contributed by atoms with Gasteiger partial charge in [0.1, 0.15) is 0 Å². The summed E-state index contributed by atoms with van der Waals surface area (Å²) in [5.74, 6) is -4.17. The van der Waals surface area contributed by atoms with Gasteiger partial charge in [-0.05, 0) is 6.07 Å². The van der Waals surface area contributed by atoms with E-state index in [2.05, 4.69) is 9.72 Å². The Morgan fingerprint density at radius 2 is 2.07 bits per heavy atom. The van der Waals surface area contributed by atoms with E-state index in [4.69, 9.17) is 0 Å². The van der Waals surface area contributed by atoms with Crippen molar-refractivity contribution in [3.05, 3.63) is 29.1 Å². The third kappa shape index (κ3) is 2.23. The van der Waals surface area contributed by atoms with E-state index in [-0.39, 0.29) is 6.07 Å². The van der Waals surface area contributed by atoms with Gasteiger partial charge in [-0.2, -0.15) is 4.39 Å². The van der Waals surface area contributed by atoms with Crippen molar-refractivity contribution in [1.82, 2.24) is 4.98 Å². The Balaban J connectivity index is 3.25. The molecule has 0 radical (unpaired) electrons. The molecule has 0 atom stereocenters. The minimum absolute atomic E-state index is 0.221. The molecule has 0 aromatic carbocycles. The van der Waals surface area contributed by atoms with Gasteiger partial charge in [0.2, 0.25) is 5.95 Å². The largest absolute Gasteiger partial charge is 0.464 e. The fraction of sp³-hybridized carbons (Fsp3) is 0.250. The first-order chi connectivity index (χ1) is 6.97. The van der Waals surface area contributed by atoms with Crippen LogP contribution in [0.15, 0.2) is 6.07 Å². The maximum absolute atomic E-state index is 13.0. The third-order valence-corrected chi connectivity index (χ3v) is 1.57. The number of carbonyl (C=O) groups is 1. The third-order valence-electron chi connectivity index (χ3n) is 1.57. The Hall–Kier alpha value is -1.66. The summed E-state index contributed by atoms with van der Waals surface area (Å²) >= 11 is 0. The molecule has 0 bridgehead atoms. The zero-order valence-corrected chi connectivity index (χ0v) is 7.43. The number of nitrogens with zero attached hydrogens (tertiary/aromatic N) is 1. The van der Waals surface area contributed by atoms with Crippen LogP contribution in [0.3, 0.4) is 0 Å². The van der Waals surface area contributed by atoms with E-state index in [0.717, 1.165) is 7.11 Å². The molecule has 15 heavy (non-hydrogen) atoms. The van der Waals surface area contributed by atoms with Gasteiger partial charge in [0.05, 0.1) is 12.7 Å². The average molecular weight is 223 g/mol. The highest BCUT2D eigenvalue weighted by atomic mass is 19.3. The molecule has 7 heteroatoms. The zero-order chi connectivity index (χ0) is 11.6. The summed E-state index contributed by atoms with van der Waals surface area (Å²) in [5, 5.41) is 0. The molecule has 1 aromatic rings. The van der Waals surface area contributed by atoms with Crippen LogP contribution in [0.25, 0.3) is 0 Å². The Bertz CT molecular complexity index is 394. The number of hydrogen-bond acceptors (Lipinski definition) is 3. The molecule has 3 nitrogen and oxygen atoms in total. The number of ether oxygens (including phenoxy) is 1. The first kappa shape index (κ1) is 11.4. The van der Waals surface area contributed by atoms with Gasteiger partial charge in [-0.1, -0.05) is 0 Å². The van der Waals surface area contributed by atoms with E-state index in [0.29, 0.717) is 0 Å². The highest BCUT2D eigenvalue weighted by molar-refractivity contribution is 5.87. The Morgan fingerprint density at radius 3 is 2.53 bits per heavy atom. The molecule has 1 rings (SSSR count). The van der Waals surface area contributed by atoms with Gasteiger partial charge in [-0.15, -0.1) is 0 Å². The molecule has 1 aromatic heterocycles. The molecule has 82 valence electrons. The van der Waals surface area contributed by atoms with Crippen LogP contribution >= 0.6 is 0 Å². The average Bonchev–Trinajstić information content (AvgIpc) is 2.19. The minimum Gasteiger partial charge on any atom is -0.464 e. The molecule has 0 aliphatic rings. The fourth-order valence-electron chi connectivity index (χ4n) is 0.873. The number of aromatic nitrogens is 1. The van der Waals surface area contributed by atoms with Gasteiger partial charge >= 0.3 is 5.97 Å². The molecule has 0 fully saturated rings. The van der Waals surface area contributed by atoms with Crippen LogP contribution in [-0.2, 0) is 4.74 Å². The Labute approximate surface area is 81.7 Å². The Morgan fingerprint density at radius 1 is 1.47 bits per heavy atom. The van der Waals surface area contributed by atoms with Crippen LogP contribution in [0.4, 0.5) is 17.6 Å². The second-order valence-electron chi connectivity index (χ2n) is 2.49. The summed E-state index contributed by atoms with van der Waals surface area (Å²) < 4.78 is 54.0. The van der Waals surface area contributed by atoms with Crippen LogP contribution in [0.5, 0.6) is 0 Å². The maximum Gasteiger partial charge on any atom is 0.359 e. The van der Waals surface area contributed by atoms with Gasteiger partial charge in [0.15, 0.2) is 11.5 Å². The summed E-state index contributed by atoms with van der Waals surface area (Å²) in [6.07, 6.45) is -3.20. The number of pyridine rings is 1. The van der Waals surface area contributed by atoms with E-state index < -0.39 is 35.4 Å². The van der Waals surface area contributed by atoms with Crippen molar-refractivity contribution in [3.8, 4) is 0 Å². The lowest BCUT2D eigenvalue weighted by Gasteiger charge is -2.04. The molecule has 0 saturated carbocycles. The first-order valence-electron chi connectivity index (χ1n) is 3.69. The van der Waals surface area contributed by atoms with Crippen LogP contribution in [0.2, 0.25) is 0 Å². The summed E-state index contributed by atoms with van der Waals surface area (Å²) in [6, 6.07) is 0.221. The van der Waals surface area contributed by atoms with Crippen LogP contribution in [-0.4, -0.2) is 18.1 Å². The van der Waals surface area contributed by atoms with Crippen molar-refractivity contribution >= 4 is 5.97 Å². The fourth-order valence-corrected chi connectivity index (χ4v) is 0.873. The molecule has 0 saturated heterocycles. The van der Waals surface area contributed by atoms with Crippen LogP contribution in [0.1, 0.15) is 22.5 Å². The smallest absolute Gasteiger partial charge is 0.359 e. The molecule has 0 N–H and O–H groups in total. The standard InChI is InChI=1S/C8H5F4NO2/c1-15-8(14)5-4(9)2-3(6(10)11)7(12)13-5/h2,6H,1H3. The number of methoxy groups -OCH3 is 1. The molecule has 0 aliphatic carbocycles. The van der Waals surface area contributed by atoms with Crippen molar-refractivity contribution in [2.45, 2.75) is 6.43 Å². The van der Waals surface area contributed by atoms with E-state index in [1.54, 1.807) is 0 Å². The molecule has 0 spiro atoms. The quantitative estimate of drug-likeness (QED) is 0.437. The highest BCUT2D eigenvalue weighted by Crippen LogP contribution is 2.22. The van der Waals surface area contributed by atoms with Gasteiger partial charge < -0.3 is 4.74 Å². The van der Waals surface area contributed by atoms with Crippen molar-refractivity contribution in [3.63, 3.8) is 0 Å². The van der Waals surface area contributed by atoms with E-state index in [1.165, 1.54) is 0 Å². The minimum atomic E-state index is -3.20. The number of carbonyl (C=O) groups excluding carboxylic acids is 1. The van der Waals surface area contributed by atoms with E-state index in [9.17, 15) is 22.4 Å². The second kappa shape index (κ2) is 4.24. The van der Waals surface area contributed by atoms with E-state index in [1.807, 2.05) is 0 Å². The highest BCUT2D eigenvalue weighted by Gasteiger charge is 2.22. The monoisotopic (exact) mass is 223 g/mol. The van der Waals surface area contributed by atoms with Crippen molar-refractivity contribution < 1.29 is 27.1 Å². The zero-order valence-electron chi connectivity index (χ0n) is 7.43. The molecule has 0 unspecified atom stereocenters. The SMILES string of the molecule is COC(=O)c1nc(F)c(C(F)F)cc1F. The summed E-state index contributed by atoms with van der Waals surface area (Å²) in [4.78, 5) is 13.6. The normalized spacial score (nSPS) is 10.5. The predicted molar refractivity (Wildman–Crippen MR) is 40.4 cm³/mol. The summed E-state index contributed by atoms with van der Waals surface area (Å²) in [5.41, 5.74) is -2.15. The topological polar surface area (TPSA) is 39.2 Å². The molecule has 0 aliphatic heterocycles. The van der Waals surface area contributed by atoms with Crippen molar-refractivity contribution in [1.29, 1.82) is 0 Å². The maximum atomic E-state index is 13.0. The Kier molecular flexibility index (Phi) is 3.23. The van der Waals surface area contributed by atoms with Crippen molar-refractivity contribution in [2.24, 2.45) is 0 Å². The summed E-state index contributed by atoms with van der Waals surface area (Å²) in [7, 11) is 0.933. The van der Waals surface area contributed by atoms with Gasteiger partial charge in [0, 0.05) is 0 Å². The second-order valence-corrected chi connectivity index (χ2v) is 2.49. The number of halogens is 4. The lowest BCUT2D eigenvalue weighted by Crippen LogP contribution is -2.10. The summed E-state index contributed by atoms with van der Waals surface area (Å²) in [6.45, 7) is 0. The van der Waals surface area contributed by atoms with Gasteiger partial charge in [-0.25, -0.2) is 22.9 Å². The lowest BCUT2D eigenvalue weighted by atomic mass is 10.2.